The maximum atomic E-state index is 4.39. The van der Waals surface area contributed by atoms with Crippen LogP contribution >= 0.6 is 0 Å². The van der Waals surface area contributed by atoms with Crippen molar-refractivity contribution in [1.29, 1.82) is 0 Å². The van der Waals surface area contributed by atoms with Crippen molar-refractivity contribution in [2.45, 2.75) is 31.8 Å². The summed E-state index contributed by atoms with van der Waals surface area (Å²) in [6.07, 6.45) is 8.83. The molecule has 0 N–H and O–H groups in total. The molecule has 1 fully saturated rings. The van der Waals surface area contributed by atoms with Crippen LogP contribution in [0.2, 0.25) is 0 Å². The van der Waals surface area contributed by atoms with Gasteiger partial charge in [-0.15, -0.1) is 0 Å². The van der Waals surface area contributed by atoms with Crippen molar-refractivity contribution in [1.82, 2.24) is 24.6 Å². The molecule has 19 heavy (non-hydrogen) atoms. The number of rotatable bonds is 5. The third kappa shape index (κ3) is 3.17. The summed E-state index contributed by atoms with van der Waals surface area (Å²) in [5.41, 5.74) is 1.17. The lowest BCUT2D eigenvalue weighted by molar-refractivity contribution is 0.229. The van der Waals surface area contributed by atoms with Crippen molar-refractivity contribution in [2.75, 3.05) is 13.1 Å². The van der Waals surface area contributed by atoms with Crippen LogP contribution in [0.3, 0.4) is 0 Å². The van der Waals surface area contributed by atoms with Crippen LogP contribution < -0.4 is 0 Å². The summed E-state index contributed by atoms with van der Waals surface area (Å²) in [6.45, 7) is 3.21. The van der Waals surface area contributed by atoms with E-state index in [2.05, 4.69) is 32.1 Å². The molecule has 0 aromatic carbocycles. The molecule has 0 saturated carbocycles. The van der Waals surface area contributed by atoms with E-state index in [9.17, 15) is 0 Å². The molecule has 1 aliphatic heterocycles. The lowest BCUT2D eigenvalue weighted by atomic mass is 10.2. The van der Waals surface area contributed by atoms with E-state index in [1.54, 1.807) is 12.7 Å². The summed E-state index contributed by atoms with van der Waals surface area (Å²) >= 11 is 0. The molecule has 2 aromatic rings. The van der Waals surface area contributed by atoms with Gasteiger partial charge in [-0.25, -0.2) is 4.98 Å². The van der Waals surface area contributed by atoms with Gasteiger partial charge < -0.3 is 0 Å². The van der Waals surface area contributed by atoms with E-state index >= 15 is 0 Å². The van der Waals surface area contributed by atoms with Crippen molar-refractivity contribution in [2.24, 2.45) is 0 Å². The van der Waals surface area contributed by atoms with Gasteiger partial charge in [0.05, 0.1) is 6.54 Å². The zero-order valence-electron chi connectivity index (χ0n) is 11.0. The minimum Gasteiger partial charge on any atom is -0.298 e. The van der Waals surface area contributed by atoms with E-state index in [0.717, 1.165) is 19.5 Å². The fourth-order valence-corrected chi connectivity index (χ4v) is 2.74. The molecule has 1 saturated heterocycles. The first kappa shape index (κ1) is 12.3. The van der Waals surface area contributed by atoms with Crippen molar-refractivity contribution >= 4 is 0 Å². The number of nitrogens with zero attached hydrogens (tertiary/aromatic N) is 5. The molecule has 1 aliphatic rings. The smallest absolute Gasteiger partial charge is 0.137 e. The molecule has 3 rings (SSSR count). The third-order valence-electron chi connectivity index (χ3n) is 3.74. The van der Waals surface area contributed by atoms with E-state index < -0.39 is 0 Å². The zero-order chi connectivity index (χ0) is 12.9. The van der Waals surface area contributed by atoms with E-state index in [0.29, 0.717) is 6.04 Å². The van der Waals surface area contributed by atoms with Crippen LogP contribution in [0.5, 0.6) is 0 Å². The Morgan fingerprint density at radius 1 is 1.32 bits per heavy atom. The SMILES string of the molecule is c1ccc(CCN2CCCC2Cn2cncn2)nc1. The quantitative estimate of drug-likeness (QED) is 0.812. The van der Waals surface area contributed by atoms with Gasteiger partial charge in [-0.05, 0) is 31.5 Å². The Bertz CT molecular complexity index is 482. The average molecular weight is 257 g/mol. The molecule has 0 amide bonds. The van der Waals surface area contributed by atoms with Crippen LogP contribution in [0.4, 0.5) is 0 Å². The van der Waals surface area contributed by atoms with Gasteiger partial charge in [0.15, 0.2) is 0 Å². The van der Waals surface area contributed by atoms with E-state index in [4.69, 9.17) is 0 Å². The Kier molecular flexibility index (Phi) is 3.83. The van der Waals surface area contributed by atoms with Gasteiger partial charge in [0.1, 0.15) is 12.7 Å². The van der Waals surface area contributed by atoms with Crippen LogP contribution in [0.1, 0.15) is 18.5 Å². The van der Waals surface area contributed by atoms with Crippen molar-refractivity contribution in [3.05, 3.63) is 42.7 Å². The number of pyridine rings is 1. The molecule has 5 nitrogen and oxygen atoms in total. The van der Waals surface area contributed by atoms with Gasteiger partial charge in [0.25, 0.3) is 0 Å². The fraction of sp³-hybridized carbons (Fsp3) is 0.500. The highest BCUT2D eigenvalue weighted by Crippen LogP contribution is 2.18. The minimum absolute atomic E-state index is 0.588. The van der Waals surface area contributed by atoms with Gasteiger partial charge in [0.2, 0.25) is 0 Å². The monoisotopic (exact) mass is 257 g/mol. The Morgan fingerprint density at radius 3 is 3.11 bits per heavy atom. The summed E-state index contributed by atoms with van der Waals surface area (Å²) in [7, 11) is 0. The zero-order valence-corrected chi connectivity index (χ0v) is 11.0. The number of aromatic nitrogens is 4. The predicted octanol–water partition coefficient (Wildman–Crippen LogP) is 1.38. The lowest BCUT2D eigenvalue weighted by Gasteiger charge is -2.24. The maximum Gasteiger partial charge on any atom is 0.137 e. The largest absolute Gasteiger partial charge is 0.298 e. The van der Waals surface area contributed by atoms with Crippen LogP contribution in [-0.4, -0.2) is 43.8 Å². The molecule has 1 unspecified atom stereocenters. The average Bonchev–Trinajstić information content (AvgIpc) is 3.10. The number of hydrogen-bond donors (Lipinski definition) is 0. The molecular weight excluding hydrogens is 238 g/mol. The lowest BCUT2D eigenvalue weighted by Crippen LogP contribution is -2.34. The van der Waals surface area contributed by atoms with Crippen LogP contribution in [-0.2, 0) is 13.0 Å². The van der Waals surface area contributed by atoms with Crippen molar-refractivity contribution < 1.29 is 0 Å². The second-order valence-electron chi connectivity index (χ2n) is 5.02. The van der Waals surface area contributed by atoms with Crippen molar-refractivity contribution in [3.63, 3.8) is 0 Å². The van der Waals surface area contributed by atoms with Gasteiger partial charge in [-0.3, -0.25) is 14.6 Å². The first-order chi connectivity index (χ1) is 9.42. The summed E-state index contributed by atoms with van der Waals surface area (Å²) in [5.74, 6) is 0. The summed E-state index contributed by atoms with van der Waals surface area (Å²) in [5, 5.41) is 4.20. The molecule has 100 valence electrons. The molecule has 2 aromatic heterocycles. The molecule has 0 spiro atoms. The van der Waals surface area contributed by atoms with Crippen LogP contribution in [0.25, 0.3) is 0 Å². The highest BCUT2D eigenvalue weighted by Gasteiger charge is 2.24. The molecule has 1 atom stereocenters. The highest BCUT2D eigenvalue weighted by molar-refractivity contribution is 5.04. The number of hydrogen-bond acceptors (Lipinski definition) is 4. The molecule has 0 radical (unpaired) electrons. The highest BCUT2D eigenvalue weighted by atomic mass is 15.3. The predicted molar refractivity (Wildman–Crippen MR) is 72.6 cm³/mol. The minimum atomic E-state index is 0.588. The first-order valence-corrected chi connectivity index (χ1v) is 6.88. The molecular formula is C14H19N5. The molecule has 3 heterocycles. The summed E-state index contributed by atoms with van der Waals surface area (Å²) in [6, 6.07) is 6.71. The van der Waals surface area contributed by atoms with E-state index in [-0.39, 0.29) is 0 Å². The van der Waals surface area contributed by atoms with Crippen molar-refractivity contribution in [3.8, 4) is 0 Å². The van der Waals surface area contributed by atoms with Gasteiger partial charge >= 0.3 is 0 Å². The Labute approximate surface area is 113 Å². The maximum absolute atomic E-state index is 4.39. The van der Waals surface area contributed by atoms with Crippen LogP contribution in [0, 0.1) is 0 Å². The fourth-order valence-electron chi connectivity index (χ4n) is 2.74. The first-order valence-electron chi connectivity index (χ1n) is 6.88. The van der Waals surface area contributed by atoms with Gasteiger partial charge in [-0.2, -0.15) is 5.10 Å². The van der Waals surface area contributed by atoms with Gasteiger partial charge in [0, 0.05) is 30.9 Å². The molecule has 5 heteroatoms. The second kappa shape index (κ2) is 5.93. The van der Waals surface area contributed by atoms with Crippen LogP contribution in [0.15, 0.2) is 37.1 Å². The summed E-state index contributed by atoms with van der Waals surface area (Å²) in [4.78, 5) is 10.9. The molecule has 0 bridgehead atoms. The van der Waals surface area contributed by atoms with E-state index in [1.165, 1.54) is 25.1 Å². The normalized spacial score (nSPS) is 19.9. The number of likely N-dealkylation sites (tertiary alicyclic amines) is 1. The third-order valence-corrected chi connectivity index (χ3v) is 3.74. The second-order valence-corrected chi connectivity index (χ2v) is 5.02. The van der Waals surface area contributed by atoms with E-state index in [1.807, 2.05) is 16.9 Å². The Hall–Kier alpha value is -1.75. The standard InChI is InChI=1S/C14H19N5/c1-2-7-16-13(4-1)6-9-18-8-3-5-14(18)10-19-12-15-11-17-19/h1-2,4,7,11-12,14H,3,5-6,8-10H2. The summed E-state index contributed by atoms with van der Waals surface area (Å²) < 4.78 is 1.93. The molecule has 0 aliphatic carbocycles. The topological polar surface area (TPSA) is 46.8 Å². The Morgan fingerprint density at radius 2 is 2.32 bits per heavy atom. The Balaban J connectivity index is 1.55. The van der Waals surface area contributed by atoms with Gasteiger partial charge in [-0.1, -0.05) is 6.07 Å².